The maximum Gasteiger partial charge on any atom is 0.278 e. The van der Waals surface area contributed by atoms with E-state index in [2.05, 4.69) is 20.5 Å². The highest BCUT2D eigenvalue weighted by Crippen LogP contribution is 2.25. The van der Waals surface area contributed by atoms with Gasteiger partial charge in [0.2, 0.25) is 5.95 Å². The molecule has 2 aromatic heterocycles. The van der Waals surface area contributed by atoms with Gasteiger partial charge in [0, 0.05) is 11.2 Å². The number of aromatic nitrogens is 5. The van der Waals surface area contributed by atoms with E-state index in [0.29, 0.717) is 16.3 Å². The lowest BCUT2D eigenvalue weighted by Crippen LogP contribution is -2.15. The summed E-state index contributed by atoms with van der Waals surface area (Å²) < 4.78 is 21.8. The van der Waals surface area contributed by atoms with Gasteiger partial charge >= 0.3 is 0 Å². The van der Waals surface area contributed by atoms with Gasteiger partial charge in [-0.05, 0) is 48.4 Å². The molecule has 0 unspecified atom stereocenters. The Labute approximate surface area is 192 Å². The Morgan fingerprint density at radius 1 is 1.09 bits per heavy atom. The standard InChI is InChI=1S/C21H17Cl2FN6O2/c1-13-2-5-16(22)19(8-13)32-12-29-7-6-18(27-29)20(31)26-21-25-11-30(28-21)10-14-3-4-15(24)9-17(14)23/h2-9,11H,10,12H2,1H3,(H,26,28,31). The van der Waals surface area contributed by atoms with Crippen LogP contribution < -0.4 is 10.1 Å². The number of nitrogens with zero attached hydrogens (tertiary/aromatic N) is 5. The average molecular weight is 475 g/mol. The van der Waals surface area contributed by atoms with Gasteiger partial charge in [-0.15, -0.1) is 5.10 Å². The van der Waals surface area contributed by atoms with Gasteiger partial charge in [-0.1, -0.05) is 35.3 Å². The zero-order chi connectivity index (χ0) is 22.7. The van der Waals surface area contributed by atoms with Crippen LogP contribution in [0.4, 0.5) is 10.3 Å². The molecule has 4 rings (SSSR count). The highest BCUT2D eigenvalue weighted by atomic mass is 35.5. The van der Waals surface area contributed by atoms with Crippen molar-refractivity contribution in [3.05, 3.63) is 87.7 Å². The molecule has 0 radical (unpaired) electrons. The number of benzene rings is 2. The van der Waals surface area contributed by atoms with Gasteiger partial charge in [-0.25, -0.2) is 18.7 Å². The number of hydrogen-bond donors (Lipinski definition) is 1. The molecule has 2 aromatic carbocycles. The molecule has 11 heteroatoms. The molecule has 0 atom stereocenters. The number of ether oxygens (including phenoxy) is 1. The first-order valence-corrected chi connectivity index (χ1v) is 10.2. The van der Waals surface area contributed by atoms with E-state index in [9.17, 15) is 9.18 Å². The SMILES string of the molecule is Cc1ccc(Cl)c(OCn2ccc(C(=O)Nc3ncn(Cc4ccc(F)cc4Cl)n3)n2)c1. The molecule has 0 fully saturated rings. The quantitative estimate of drug-likeness (QED) is 0.424. The van der Waals surface area contributed by atoms with Crippen molar-refractivity contribution in [3.8, 4) is 5.75 Å². The minimum atomic E-state index is -0.477. The summed E-state index contributed by atoms with van der Waals surface area (Å²) in [6.45, 7) is 2.29. The summed E-state index contributed by atoms with van der Waals surface area (Å²) in [5.74, 6) is -0.262. The van der Waals surface area contributed by atoms with E-state index in [1.807, 2.05) is 19.1 Å². The number of hydrogen-bond acceptors (Lipinski definition) is 5. The minimum Gasteiger partial charge on any atom is -0.470 e. The number of carbonyl (C=O) groups excluding carboxylic acids is 1. The van der Waals surface area contributed by atoms with E-state index in [4.69, 9.17) is 27.9 Å². The van der Waals surface area contributed by atoms with Crippen LogP contribution in [0.1, 0.15) is 21.6 Å². The first kappa shape index (κ1) is 21.8. The van der Waals surface area contributed by atoms with Gasteiger partial charge in [0.05, 0.1) is 11.6 Å². The molecule has 0 aliphatic carbocycles. The van der Waals surface area contributed by atoms with Crippen LogP contribution in [0.25, 0.3) is 0 Å². The summed E-state index contributed by atoms with van der Waals surface area (Å²) in [7, 11) is 0. The topological polar surface area (TPSA) is 86.9 Å². The Balaban J connectivity index is 1.35. The first-order chi connectivity index (χ1) is 15.4. The number of rotatable bonds is 7. The predicted molar refractivity (Wildman–Crippen MR) is 118 cm³/mol. The molecule has 0 aliphatic rings. The van der Waals surface area contributed by atoms with Crippen molar-refractivity contribution in [2.45, 2.75) is 20.2 Å². The fraction of sp³-hybridized carbons (Fsp3) is 0.143. The van der Waals surface area contributed by atoms with Crippen molar-refractivity contribution in [1.82, 2.24) is 24.5 Å². The monoisotopic (exact) mass is 474 g/mol. The Hall–Kier alpha value is -3.43. The summed E-state index contributed by atoms with van der Waals surface area (Å²) in [5, 5.41) is 11.7. The molecule has 1 amide bonds. The molecule has 0 saturated carbocycles. The Kier molecular flexibility index (Phi) is 6.38. The van der Waals surface area contributed by atoms with Gasteiger partial charge in [0.1, 0.15) is 17.9 Å². The summed E-state index contributed by atoms with van der Waals surface area (Å²) in [6.07, 6.45) is 3.05. The second-order valence-corrected chi connectivity index (χ2v) is 7.72. The van der Waals surface area contributed by atoms with Crippen molar-refractivity contribution in [2.75, 3.05) is 5.32 Å². The third kappa shape index (κ3) is 5.24. The largest absolute Gasteiger partial charge is 0.470 e. The van der Waals surface area contributed by atoms with E-state index < -0.39 is 11.7 Å². The number of amides is 1. The minimum absolute atomic E-state index is 0.0851. The third-order valence-corrected chi connectivity index (χ3v) is 5.09. The number of aryl methyl sites for hydroxylation is 1. The smallest absolute Gasteiger partial charge is 0.278 e. The van der Waals surface area contributed by atoms with E-state index in [0.717, 1.165) is 5.56 Å². The van der Waals surface area contributed by atoms with Gasteiger partial charge in [0.25, 0.3) is 5.91 Å². The second kappa shape index (κ2) is 9.37. The van der Waals surface area contributed by atoms with Gasteiger partial charge in [0.15, 0.2) is 12.4 Å². The Morgan fingerprint density at radius 3 is 2.75 bits per heavy atom. The molecule has 1 N–H and O–H groups in total. The zero-order valence-corrected chi connectivity index (χ0v) is 18.3. The lowest BCUT2D eigenvalue weighted by atomic mass is 10.2. The van der Waals surface area contributed by atoms with Crippen LogP contribution in [0.15, 0.2) is 55.0 Å². The molecule has 0 aliphatic heterocycles. The van der Waals surface area contributed by atoms with Crippen LogP contribution in [0.3, 0.4) is 0 Å². The molecule has 164 valence electrons. The van der Waals surface area contributed by atoms with Crippen LogP contribution in [0.5, 0.6) is 5.75 Å². The normalized spacial score (nSPS) is 10.9. The Morgan fingerprint density at radius 2 is 1.94 bits per heavy atom. The summed E-state index contributed by atoms with van der Waals surface area (Å²) in [6, 6.07) is 11.1. The molecule has 32 heavy (non-hydrogen) atoms. The zero-order valence-electron chi connectivity index (χ0n) is 16.8. The fourth-order valence-corrected chi connectivity index (χ4v) is 3.23. The molecular formula is C21H17Cl2FN6O2. The van der Waals surface area contributed by atoms with E-state index in [-0.39, 0.29) is 29.9 Å². The second-order valence-electron chi connectivity index (χ2n) is 6.90. The fourth-order valence-electron chi connectivity index (χ4n) is 2.83. The van der Waals surface area contributed by atoms with Crippen LogP contribution in [0, 0.1) is 12.7 Å². The van der Waals surface area contributed by atoms with Gasteiger partial charge < -0.3 is 4.74 Å². The highest BCUT2D eigenvalue weighted by molar-refractivity contribution is 6.32. The molecule has 0 spiro atoms. The maximum atomic E-state index is 13.2. The van der Waals surface area contributed by atoms with E-state index in [1.54, 1.807) is 24.4 Å². The molecule has 0 bridgehead atoms. The summed E-state index contributed by atoms with van der Waals surface area (Å²) in [4.78, 5) is 16.5. The summed E-state index contributed by atoms with van der Waals surface area (Å²) >= 11 is 12.2. The van der Waals surface area contributed by atoms with Crippen LogP contribution in [-0.4, -0.2) is 30.5 Å². The number of nitrogens with one attached hydrogen (secondary N) is 1. The molecule has 0 saturated heterocycles. The molecular weight excluding hydrogens is 458 g/mol. The van der Waals surface area contributed by atoms with Crippen molar-refractivity contribution >= 4 is 35.1 Å². The number of anilines is 1. The lowest BCUT2D eigenvalue weighted by molar-refractivity contribution is 0.101. The van der Waals surface area contributed by atoms with E-state index in [1.165, 1.54) is 27.8 Å². The molecule has 2 heterocycles. The van der Waals surface area contributed by atoms with Crippen LogP contribution >= 0.6 is 23.2 Å². The molecule has 8 nitrogen and oxygen atoms in total. The number of carbonyl (C=O) groups is 1. The van der Waals surface area contributed by atoms with Crippen molar-refractivity contribution in [1.29, 1.82) is 0 Å². The van der Waals surface area contributed by atoms with Gasteiger partial charge in [-0.3, -0.25) is 10.1 Å². The van der Waals surface area contributed by atoms with Crippen LogP contribution in [-0.2, 0) is 13.3 Å². The van der Waals surface area contributed by atoms with Crippen molar-refractivity contribution in [2.24, 2.45) is 0 Å². The highest BCUT2D eigenvalue weighted by Gasteiger charge is 2.13. The third-order valence-electron chi connectivity index (χ3n) is 4.42. The first-order valence-electron chi connectivity index (χ1n) is 9.44. The lowest BCUT2D eigenvalue weighted by Gasteiger charge is -2.08. The van der Waals surface area contributed by atoms with E-state index >= 15 is 0 Å². The van der Waals surface area contributed by atoms with Crippen LogP contribution in [0.2, 0.25) is 10.0 Å². The van der Waals surface area contributed by atoms with Gasteiger partial charge in [-0.2, -0.15) is 5.10 Å². The average Bonchev–Trinajstić information content (AvgIpc) is 3.40. The number of halogens is 3. The Bertz CT molecular complexity index is 1270. The summed E-state index contributed by atoms with van der Waals surface area (Å²) in [5.41, 5.74) is 1.85. The van der Waals surface area contributed by atoms with Crippen molar-refractivity contribution < 1.29 is 13.9 Å². The predicted octanol–water partition coefficient (Wildman–Crippen LogP) is 4.57. The van der Waals surface area contributed by atoms with Crippen molar-refractivity contribution in [3.63, 3.8) is 0 Å². The molecule has 4 aromatic rings. The maximum absolute atomic E-state index is 13.2.